The lowest BCUT2D eigenvalue weighted by Gasteiger charge is -2.69. The number of aliphatic carboxylic acids is 1. The number of carboxylic acid groups (broad SMARTS) is 1. The molecule has 4 N–H and O–H groups in total. The van der Waals surface area contributed by atoms with Gasteiger partial charge in [-0.1, -0.05) is 78.7 Å². The Kier molecular flexibility index (Phi) is 15.3. The van der Waals surface area contributed by atoms with Gasteiger partial charge in [0.15, 0.2) is 0 Å². The van der Waals surface area contributed by atoms with Crippen LogP contribution in [0.1, 0.15) is 200 Å². The summed E-state index contributed by atoms with van der Waals surface area (Å²) in [5.74, 6) is -2.26. The lowest BCUT2D eigenvalue weighted by molar-refractivity contribution is -0.236. The number of carbonyl (C=O) groups is 4. The largest absolute Gasteiger partial charge is 0.478 e. The third-order valence-corrected chi connectivity index (χ3v) is 23.4. The second kappa shape index (κ2) is 19.9. The van der Waals surface area contributed by atoms with Crippen molar-refractivity contribution < 1.29 is 53.8 Å². The highest BCUT2D eigenvalue weighted by atomic mass is 16.6. The van der Waals surface area contributed by atoms with E-state index in [2.05, 4.69) is 75.3 Å². The molecule has 20 atom stereocenters. The Bertz CT molecular complexity index is 2320. The number of allylic oxidation sites excluding steroid dienone is 4. The Labute approximate surface area is 437 Å². The maximum atomic E-state index is 15.4. The zero-order valence-corrected chi connectivity index (χ0v) is 47.2. The monoisotopic (exact) mass is 1010 g/mol. The van der Waals surface area contributed by atoms with Gasteiger partial charge in [0, 0.05) is 25.0 Å². The van der Waals surface area contributed by atoms with Crippen LogP contribution in [0.3, 0.4) is 0 Å². The van der Waals surface area contributed by atoms with Crippen LogP contribution in [0.25, 0.3) is 0 Å². The van der Waals surface area contributed by atoms with Crippen LogP contribution in [0.2, 0.25) is 0 Å². The van der Waals surface area contributed by atoms with Crippen LogP contribution < -0.4 is 0 Å². The Hall–Kier alpha value is -3.28. The fourth-order valence-electron chi connectivity index (χ4n) is 19.9. The molecule has 8 saturated carbocycles. The van der Waals surface area contributed by atoms with Gasteiger partial charge in [0.25, 0.3) is 0 Å². The average Bonchev–Trinajstić information content (AvgIpc) is 3.71. The highest BCUT2D eigenvalue weighted by Gasteiger charge is 2.73. The van der Waals surface area contributed by atoms with E-state index >= 15 is 4.79 Å². The van der Waals surface area contributed by atoms with Crippen molar-refractivity contribution in [3.63, 3.8) is 0 Å². The molecule has 0 saturated heterocycles. The molecule has 0 amide bonds. The first kappa shape index (κ1) is 55.9. The van der Waals surface area contributed by atoms with Crippen LogP contribution in [0, 0.1) is 79.8 Å². The maximum Gasteiger partial charge on any atom is 0.334 e. The molecule has 0 aromatic rings. The van der Waals surface area contributed by atoms with Gasteiger partial charge in [-0.25, -0.2) is 9.59 Å². The van der Waals surface area contributed by atoms with Gasteiger partial charge in [0.2, 0.25) is 0 Å². The van der Waals surface area contributed by atoms with Crippen LogP contribution in [0.4, 0.5) is 0 Å². The first-order chi connectivity index (χ1) is 34.0. The van der Waals surface area contributed by atoms with Crippen LogP contribution in [0.15, 0.2) is 45.6 Å². The average molecular weight is 1020 g/mol. The summed E-state index contributed by atoms with van der Waals surface area (Å²) >= 11 is 0. The van der Waals surface area contributed by atoms with Gasteiger partial charge >= 0.3 is 23.9 Å². The normalized spacial score (nSPS) is 46.9. The third kappa shape index (κ3) is 8.97. The third-order valence-electron chi connectivity index (χ3n) is 23.4. The molecule has 0 bridgehead atoms. The summed E-state index contributed by atoms with van der Waals surface area (Å²) in [6, 6.07) is 0. The van der Waals surface area contributed by atoms with Crippen LogP contribution in [-0.4, -0.2) is 80.9 Å². The van der Waals surface area contributed by atoms with Crippen molar-refractivity contribution >= 4 is 23.9 Å². The first-order valence-corrected chi connectivity index (χ1v) is 28.6. The Morgan fingerprint density at radius 2 is 0.973 bits per heavy atom. The zero-order chi connectivity index (χ0) is 53.7. The number of aliphatic hydroxyl groups is 3. The molecule has 0 heterocycles. The van der Waals surface area contributed by atoms with Crippen LogP contribution in [0.5, 0.6) is 0 Å². The maximum absolute atomic E-state index is 15.4. The van der Waals surface area contributed by atoms with E-state index in [1.807, 2.05) is 19.9 Å². The number of aliphatic hydroxyl groups excluding tert-OH is 3. The van der Waals surface area contributed by atoms with Crippen LogP contribution >= 0.6 is 0 Å². The molecular weight excluding hydrogens is 921 g/mol. The van der Waals surface area contributed by atoms with Crippen molar-refractivity contribution in [3.05, 3.63) is 45.6 Å². The Balaban J connectivity index is 1.11. The minimum Gasteiger partial charge on any atom is -0.478 e. The number of carbonyl (C=O) groups excluding carboxylic acids is 3. The fraction of sp³-hybridized carbons (Fsp3) is 0.806. The van der Waals surface area contributed by atoms with E-state index in [9.17, 15) is 34.8 Å². The van der Waals surface area contributed by atoms with Crippen molar-refractivity contribution in [1.29, 1.82) is 0 Å². The molecule has 408 valence electrons. The summed E-state index contributed by atoms with van der Waals surface area (Å²) in [5.41, 5.74) is 2.58. The number of hydrogen-bond acceptors (Lipinski definition) is 10. The molecule has 0 aliphatic heterocycles. The van der Waals surface area contributed by atoms with E-state index in [1.54, 1.807) is 0 Å². The molecule has 8 fully saturated rings. The van der Waals surface area contributed by atoms with Crippen LogP contribution in [-0.2, 0) is 33.4 Å². The van der Waals surface area contributed by atoms with Crippen molar-refractivity contribution in [2.24, 2.45) is 79.8 Å². The topological polar surface area (TPSA) is 177 Å². The van der Waals surface area contributed by atoms with E-state index in [0.717, 1.165) is 61.7 Å². The summed E-state index contributed by atoms with van der Waals surface area (Å²) in [7, 11) is 0. The van der Waals surface area contributed by atoms with Gasteiger partial charge in [0.1, 0.15) is 18.3 Å². The predicted molar refractivity (Wildman–Crippen MR) is 281 cm³/mol. The molecule has 8 aliphatic carbocycles. The van der Waals surface area contributed by atoms with Gasteiger partial charge in [0.05, 0.1) is 18.3 Å². The minimum atomic E-state index is -0.996. The number of hydrogen-bond donors (Lipinski definition) is 4. The van der Waals surface area contributed by atoms with Gasteiger partial charge < -0.3 is 34.6 Å². The number of fused-ring (bicyclic) bond motifs is 10. The lowest BCUT2D eigenvalue weighted by Crippen LogP contribution is -2.65. The van der Waals surface area contributed by atoms with Crippen molar-refractivity contribution in [2.45, 2.75) is 236 Å². The van der Waals surface area contributed by atoms with Gasteiger partial charge in [-0.2, -0.15) is 0 Å². The molecule has 0 aromatic heterocycles. The second-order valence-corrected chi connectivity index (χ2v) is 27.4. The number of rotatable bonds is 11. The standard InChI is InChI=1S/C62H94O11/c1-33(2)17-15-19-39(55(68)69)51-43-29-46(66)54-58(10)26-24-48(36(6)42(58)22-28-60(54,12)61(43,13)31-49(51)71-37(7)63)73-56(70)40(20-16-18-34(3)4)52-44-30-47(67)53-57(9)25-23-45(65)35(5)41(57)21-27-59(53,11)62(44,14)32-50(52)72-38(8)64/h17-18,35-36,41-50,53-54,65-67H,15-16,19-32H2,1-14H3,(H,68,69)/t35-,36-,41?,42?,43+,44+,45+,46+,47+,48+,49-,50-,53?,54+,57-,58-,59-,60-,61-,62-/m0/s1. The van der Waals surface area contributed by atoms with E-state index < -0.39 is 53.2 Å². The summed E-state index contributed by atoms with van der Waals surface area (Å²) < 4.78 is 19.3. The Morgan fingerprint density at radius 3 is 1.41 bits per heavy atom. The van der Waals surface area contributed by atoms with E-state index in [-0.39, 0.29) is 81.3 Å². The van der Waals surface area contributed by atoms with E-state index in [4.69, 9.17) is 14.2 Å². The number of esters is 3. The molecule has 8 rings (SSSR count). The molecule has 11 nitrogen and oxygen atoms in total. The highest BCUT2D eigenvalue weighted by Crippen LogP contribution is 2.76. The predicted octanol–water partition coefficient (Wildman–Crippen LogP) is 11.8. The molecule has 3 unspecified atom stereocenters. The lowest BCUT2D eigenvalue weighted by atomic mass is 9.36. The summed E-state index contributed by atoms with van der Waals surface area (Å²) in [6.07, 6.45) is 11.1. The van der Waals surface area contributed by atoms with Crippen molar-refractivity contribution in [1.82, 2.24) is 0 Å². The van der Waals surface area contributed by atoms with Gasteiger partial charge in [-0.3, -0.25) is 9.59 Å². The molecule has 73 heavy (non-hydrogen) atoms. The minimum absolute atomic E-state index is 0.0125. The fourth-order valence-corrected chi connectivity index (χ4v) is 19.9. The summed E-state index contributed by atoms with van der Waals surface area (Å²) in [4.78, 5) is 54.3. The van der Waals surface area contributed by atoms with E-state index in [1.165, 1.54) is 13.8 Å². The SMILES string of the molecule is CC(=O)O[C@H]1C[C@@]2(C)[C@H](C[C@@H](O)C3[C@@]4(C)CC[C@@H](O)[C@@H](C)C4CC[C@@]32C)C1=C(CCC=C(C)C)C(=O)O[C@@H]1CC[C@@]2(C)C(CC[C@@]3(C)[C@@H]2[C@H](O)C[C@@H]2C(=C(CCC=C(C)C)C(=O)O)[C@@H](OC(C)=O)C[C@@]23C)[C@@H]1C. The zero-order valence-electron chi connectivity index (χ0n) is 47.2. The summed E-state index contributed by atoms with van der Waals surface area (Å²) in [5, 5.41) is 47.1. The van der Waals surface area contributed by atoms with Crippen molar-refractivity contribution in [3.8, 4) is 0 Å². The molecule has 0 aromatic carbocycles. The molecule has 11 heteroatoms. The molecule has 8 aliphatic rings. The van der Waals surface area contributed by atoms with E-state index in [0.29, 0.717) is 80.4 Å². The van der Waals surface area contributed by atoms with Gasteiger partial charge in [-0.15, -0.1) is 0 Å². The molecular formula is C62H94O11. The molecule has 0 radical (unpaired) electrons. The number of carboxylic acids is 1. The number of ether oxygens (including phenoxy) is 3. The van der Waals surface area contributed by atoms with Crippen molar-refractivity contribution in [2.75, 3.05) is 0 Å². The Morgan fingerprint density at radius 1 is 0.548 bits per heavy atom. The first-order valence-electron chi connectivity index (χ1n) is 28.6. The quantitative estimate of drug-likeness (QED) is 0.0670. The highest BCUT2D eigenvalue weighted by molar-refractivity contribution is 5.90. The molecule has 0 spiro atoms. The summed E-state index contributed by atoms with van der Waals surface area (Å²) in [6.45, 7) is 29.3. The van der Waals surface area contributed by atoms with Gasteiger partial charge in [-0.05, 0) is 221 Å². The smallest absolute Gasteiger partial charge is 0.334 e. The second-order valence-electron chi connectivity index (χ2n) is 27.4.